The standard InChI is InChI=1S/C14H26N2O4S/c1-6-10(2)11-12(17)16(8-7-9-21(5,19)20)14(3,4)13(18)15-11/h10-11H,6-9H2,1-5H3,(H,15,18). The fourth-order valence-electron chi connectivity index (χ4n) is 2.44. The highest BCUT2D eigenvalue weighted by molar-refractivity contribution is 7.90. The lowest BCUT2D eigenvalue weighted by Crippen LogP contribution is -2.69. The lowest BCUT2D eigenvalue weighted by Gasteiger charge is -2.45. The summed E-state index contributed by atoms with van der Waals surface area (Å²) in [6.07, 6.45) is 2.30. The van der Waals surface area contributed by atoms with Crippen LogP contribution in [0.15, 0.2) is 0 Å². The maximum Gasteiger partial charge on any atom is 0.246 e. The Morgan fingerprint density at radius 1 is 1.33 bits per heavy atom. The van der Waals surface area contributed by atoms with Crippen LogP contribution in [-0.2, 0) is 19.4 Å². The summed E-state index contributed by atoms with van der Waals surface area (Å²) in [7, 11) is -3.07. The molecule has 1 rings (SSSR count). The van der Waals surface area contributed by atoms with Crippen molar-refractivity contribution in [3.63, 3.8) is 0 Å². The molecule has 0 spiro atoms. The van der Waals surface area contributed by atoms with Crippen LogP contribution in [0, 0.1) is 5.92 Å². The Labute approximate surface area is 127 Å². The third-order valence-electron chi connectivity index (χ3n) is 4.16. The van der Waals surface area contributed by atoms with Gasteiger partial charge in [-0.2, -0.15) is 0 Å². The predicted octanol–water partition coefficient (Wildman–Crippen LogP) is 0.573. The third kappa shape index (κ3) is 4.18. The fraction of sp³-hybridized carbons (Fsp3) is 0.857. The monoisotopic (exact) mass is 318 g/mol. The van der Waals surface area contributed by atoms with Crippen molar-refractivity contribution in [2.45, 2.75) is 52.1 Å². The van der Waals surface area contributed by atoms with E-state index >= 15 is 0 Å². The van der Waals surface area contributed by atoms with E-state index < -0.39 is 21.4 Å². The molecule has 1 heterocycles. The number of nitrogens with zero attached hydrogens (tertiary/aromatic N) is 1. The van der Waals surface area contributed by atoms with Gasteiger partial charge in [-0.1, -0.05) is 20.3 Å². The molecule has 0 aromatic heterocycles. The predicted molar refractivity (Wildman–Crippen MR) is 81.5 cm³/mol. The number of sulfone groups is 1. The lowest BCUT2D eigenvalue weighted by molar-refractivity contribution is -0.156. The van der Waals surface area contributed by atoms with Gasteiger partial charge in [0.05, 0.1) is 5.75 Å². The Bertz CT molecular complexity index is 513. The second-order valence-electron chi connectivity index (χ2n) is 6.37. The van der Waals surface area contributed by atoms with Crippen molar-refractivity contribution in [3.05, 3.63) is 0 Å². The highest BCUT2D eigenvalue weighted by Gasteiger charge is 2.47. The first-order valence-corrected chi connectivity index (χ1v) is 9.37. The number of carbonyl (C=O) groups is 2. The number of amides is 2. The van der Waals surface area contributed by atoms with Gasteiger partial charge in [0.25, 0.3) is 0 Å². The van der Waals surface area contributed by atoms with Crippen LogP contribution >= 0.6 is 0 Å². The normalized spacial score (nSPS) is 23.9. The molecule has 1 fully saturated rings. The number of hydrogen-bond acceptors (Lipinski definition) is 4. The second kappa shape index (κ2) is 6.34. The van der Waals surface area contributed by atoms with Crippen molar-refractivity contribution in [2.75, 3.05) is 18.6 Å². The van der Waals surface area contributed by atoms with Gasteiger partial charge < -0.3 is 10.2 Å². The van der Waals surface area contributed by atoms with Gasteiger partial charge in [-0.05, 0) is 26.2 Å². The van der Waals surface area contributed by atoms with Crippen molar-refractivity contribution in [1.29, 1.82) is 0 Å². The zero-order chi connectivity index (χ0) is 16.4. The number of carbonyl (C=O) groups excluding carboxylic acids is 2. The van der Waals surface area contributed by atoms with Gasteiger partial charge in [0.1, 0.15) is 21.4 Å². The number of hydrogen-bond donors (Lipinski definition) is 1. The van der Waals surface area contributed by atoms with Crippen LogP contribution in [0.25, 0.3) is 0 Å². The number of rotatable bonds is 6. The van der Waals surface area contributed by atoms with Crippen molar-refractivity contribution in [1.82, 2.24) is 10.2 Å². The van der Waals surface area contributed by atoms with E-state index in [2.05, 4.69) is 5.32 Å². The molecular formula is C14H26N2O4S. The van der Waals surface area contributed by atoms with Crippen LogP contribution in [0.5, 0.6) is 0 Å². The molecule has 7 heteroatoms. The Morgan fingerprint density at radius 3 is 2.38 bits per heavy atom. The van der Waals surface area contributed by atoms with E-state index in [0.717, 1.165) is 6.42 Å². The molecule has 2 amide bonds. The summed E-state index contributed by atoms with van der Waals surface area (Å²) in [5, 5.41) is 2.80. The molecule has 1 N–H and O–H groups in total. The van der Waals surface area contributed by atoms with Crippen molar-refractivity contribution in [2.24, 2.45) is 5.92 Å². The summed E-state index contributed by atoms with van der Waals surface area (Å²) >= 11 is 0. The molecule has 0 saturated carbocycles. The second-order valence-corrected chi connectivity index (χ2v) is 8.63. The highest BCUT2D eigenvalue weighted by atomic mass is 32.2. The van der Waals surface area contributed by atoms with Crippen LogP contribution in [0.2, 0.25) is 0 Å². The quantitative estimate of drug-likeness (QED) is 0.776. The van der Waals surface area contributed by atoms with E-state index in [-0.39, 0.29) is 30.0 Å². The van der Waals surface area contributed by atoms with Crippen LogP contribution in [0.4, 0.5) is 0 Å². The average molecular weight is 318 g/mol. The number of piperazine rings is 1. The van der Waals surface area contributed by atoms with Crippen LogP contribution in [-0.4, -0.2) is 55.3 Å². The van der Waals surface area contributed by atoms with Gasteiger partial charge in [-0.3, -0.25) is 9.59 Å². The minimum Gasteiger partial charge on any atom is -0.342 e. The molecule has 1 aliphatic heterocycles. The zero-order valence-corrected chi connectivity index (χ0v) is 14.3. The zero-order valence-electron chi connectivity index (χ0n) is 13.5. The summed E-state index contributed by atoms with van der Waals surface area (Å²) in [4.78, 5) is 26.4. The first-order chi connectivity index (χ1) is 9.50. The Balaban J connectivity index is 2.89. The molecule has 1 saturated heterocycles. The Kier molecular flexibility index (Phi) is 5.41. The summed E-state index contributed by atoms with van der Waals surface area (Å²) in [6, 6.07) is -0.520. The fourth-order valence-corrected chi connectivity index (χ4v) is 3.09. The van der Waals surface area contributed by atoms with Crippen molar-refractivity contribution in [3.8, 4) is 0 Å². The number of nitrogens with one attached hydrogen (secondary N) is 1. The molecule has 0 aromatic carbocycles. The largest absolute Gasteiger partial charge is 0.342 e. The molecule has 2 atom stereocenters. The molecule has 21 heavy (non-hydrogen) atoms. The van der Waals surface area contributed by atoms with Gasteiger partial charge >= 0.3 is 0 Å². The van der Waals surface area contributed by atoms with Gasteiger partial charge in [0.2, 0.25) is 11.8 Å². The Morgan fingerprint density at radius 2 is 1.90 bits per heavy atom. The molecule has 1 aliphatic rings. The van der Waals surface area contributed by atoms with E-state index in [9.17, 15) is 18.0 Å². The van der Waals surface area contributed by atoms with Crippen LogP contribution < -0.4 is 5.32 Å². The third-order valence-corrected chi connectivity index (χ3v) is 5.19. The molecule has 0 bridgehead atoms. The van der Waals surface area contributed by atoms with E-state index in [4.69, 9.17) is 0 Å². The summed E-state index contributed by atoms with van der Waals surface area (Å²) in [5.41, 5.74) is -0.946. The van der Waals surface area contributed by atoms with Gasteiger partial charge in [-0.25, -0.2) is 8.42 Å². The SMILES string of the molecule is CCC(C)C1NC(=O)C(C)(C)N(CCCS(C)(=O)=O)C1=O. The first kappa shape index (κ1) is 17.9. The van der Waals surface area contributed by atoms with E-state index in [0.29, 0.717) is 6.42 Å². The summed E-state index contributed by atoms with van der Waals surface area (Å²) in [6.45, 7) is 7.55. The highest BCUT2D eigenvalue weighted by Crippen LogP contribution is 2.25. The molecule has 122 valence electrons. The maximum atomic E-state index is 12.6. The van der Waals surface area contributed by atoms with E-state index in [1.807, 2.05) is 13.8 Å². The topological polar surface area (TPSA) is 83.6 Å². The van der Waals surface area contributed by atoms with Crippen molar-refractivity contribution < 1.29 is 18.0 Å². The molecular weight excluding hydrogens is 292 g/mol. The van der Waals surface area contributed by atoms with Gasteiger partial charge in [-0.15, -0.1) is 0 Å². The van der Waals surface area contributed by atoms with Crippen LogP contribution in [0.3, 0.4) is 0 Å². The lowest BCUT2D eigenvalue weighted by atomic mass is 9.89. The smallest absolute Gasteiger partial charge is 0.246 e. The Hall–Kier alpha value is -1.11. The average Bonchev–Trinajstić information content (AvgIpc) is 2.36. The van der Waals surface area contributed by atoms with Crippen LogP contribution in [0.1, 0.15) is 40.5 Å². The van der Waals surface area contributed by atoms with Crippen molar-refractivity contribution >= 4 is 21.7 Å². The van der Waals surface area contributed by atoms with E-state index in [1.54, 1.807) is 13.8 Å². The molecule has 0 aromatic rings. The van der Waals surface area contributed by atoms with Gasteiger partial charge in [0.15, 0.2) is 0 Å². The minimum absolute atomic E-state index is 0.0163. The minimum atomic E-state index is -3.07. The summed E-state index contributed by atoms with van der Waals surface area (Å²) in [5.74, 6) is -0.244. The summed E-state index contributed by atoms with van der Waals surface area (Å²) < 4.78 is 22.4. The maximum absolute atomic E-state index is 12.6. The molecule has 6 nitrogen and oxygen atoms in total. The molecule has 2 unspecified atom stereocenters. The molecule has 0 radical (unpaired) electrons. The molecule has 0 aliphatic carbocycles. The van der Waals surface area contributed by atoms with Gasteiger partial charge in [0, 0.05) is 12.8 Å². The van der Waals surface area contributed by atoms with E-state index in [1.165, 1.54) is 11.2 Å². The first-order valence-electron chi connectivity index (χ1n) is 7.31.